The van der Waals surface area contributed by atoms with Gasteiger partial charge >= 0.3 is 0 Å². The summed E-state index contributed by atoms with van der Waals surface area (Å²) in [4.78, 5) is 16.0. The van der Waals surface area contributed by atoms with E-state index < -0.39 is 6.10 Å². The van der Waals surface area contributed by atoms with E-state index in [9.17, 15) is 4.79 Å². The Morgan fingerprint density at radius 3 is 3.05 bits per heavy atom. The Morgan fingerprint density at radius 1 is 1.47 bits per heavy atom. The minimum Gasteiger partial charge on any atom is -0.479 e. The van der Waals surface area contributed by atoms with Gasteiger partial charge in [-0.25, -0.2) is 4.98 Å². The molecule has 1 aromatic carbocycles. The SMILES string of the molecule is CNc1nc(-c2ccc3c(c2)NC(=O)C(C)O3)cs1. The van der Waals surface area contributed by atoms with Crippen molar-refractivity contribution in [2.45, 2.75) is 13.0 Å². The molecule has 1 aliphatic rings. The van der Waals surface area contributed by atoms with Crippen molar-refractivity contribution in [2.75, 3.05) is 17.7 Å². The number of hydrogen-bond donors (Lipinski definition) is 2. The van der Waals surface area contributed by atoms with Crippen LogP contribution in [0.5, 0.6) is 5.75 Å². The molecule has 2 aromatic rings. The summed E-state index contributed by atoms with van der Waals surface area (Å²) in [7, 11) is 1.84. The van der Waals surface area contributed by atoms with Crippen LogP contribution in [0.15, 0.2) is 23.6 Å². The fourth-order valence-corrected chi connectivity index (χ4v) is 2.57. The molecule has 1 aliphatic heterocycles. The van der Waals surface area contributed by atoms with Crippen molar-refractivity contribution in [3.05, 3.63) is 23.6 Å². The Kier molecular flexibility index (Phi) is 2.87. The van der Waals surface area contributed by atoms with E-state index in [1.165, 1.54) is 0 Å². The highest BCUT2D eigenvalue weighted by molar-refractivity contribution is 7.14. The van der Waals surface area contributed by atoms with Crippen LogP contribution in [-0.4, -0.2) is 24.0 Å². The molecule has 1 unspecified atom stereocenters. The molecule has 3 rings (SSSR count). The van der Waals surface area contributed by atoms with Crippen LogP contribution in [0, 0.1) is 0 Å². The van der Waals surface area contributed by atoms with E-state index in [-0.39, 0.29) is 5.91 Å². The lowest BCUT2D eigenvalue weighted by Crippen LogP contribution is -2.34. The molecule has 0 radical (unpaired) electrons. The summed E-state index contributed by atoms with van der Waals surface area (Å²) in [6.45, 7) is 1.73. The molecule has 0 aliphatic carbocycles. The maximum Gasteiger partial charge on any atom is 0.265 e. The average Bonchev–Trinajstić information content (AvgIpc) is 2.88. The Hall–Kier alpha value is -2.08. The molecular formula is C13H13N3O2S. The monoisotopic (exact) mass is 275 g/mol. The predicted molar refractivity (Wildman–Crippen MR) is 75.8 cm³/mol. The van der Waals surface area contributed by atoms with Gasteiger partial charge in [0.2, 0.25) is 0 Å². The maximum atomic E-state index is 11.6. The third kappa shape index (κ3) is 2.15. The highest BCUT2D eigenvalue weighted by atomic mass is 32.1. The summed E-state index contributed by atoms with van der Waals surface area (Å²) in [5.74, 6) is 0.568. The Balaban J connectivity index is 1.97. The summed E-state index contributed by atoms with van der Waals surface area (Å²) in [5.41, 5.74) is 2.53. The number of ether oxygens (including phenoxy) is 1. The summed E-state index contributed by atoms with van der Waals surface area (Å²) >= 11 is 1.54. The molecule has 5 nitrogen and oxygen atoms in total. The van der Waals surface area contributed by atoms with Gasteiger partial charge in [0.1, 0.15) is 5.75 Å². The molecule has 0 saturated carbocycles. The molecule has 0 fully saturated rings. The summed E-state index contributed by atoms with van der Waals surface area (Å²) < 4.78 is 5.52. The largest absolute Gasteiger partial charge is 0.479 e. The van der Waals surface area contributed by atoms with Crippen LogP contribution in [0.3, 0.4) is 0 Å². The molecule has 19 heavy (non-hydrogen) atoms. The van der Waals surface area contributed by atoms with Crippen molar-refractivity contribution in [3.8, 4) is 17.0 Å². The topological polar surface area (TPSA) is 63.2 Å². The normalized spacial score (nSPS) is 17.4. The second-order valence-electron chi connectivity index (χ2n) is 4.25. The van der Waals surface area contributed by atoms with Gasteiger partial charge in [0.15, 0.2) is 11.2 Å². The number of fused-ring (bicyclic) bond motifs is 1. The summed E-state index contributed by atoms with van der Waals surface area (Å²) in [6.07, 6.45) is -0.450. The van der Waals surface area contributed by atoms with Gasteiger partial charge in [-0.1, -0.05) is 0 Å². The standard InChI is InChI=1S/C13H13N3O2S/c1-7-12(17)15-9-5-8(3-4-11(9)18-7)10-6-19-13(14-2)16-10/h3-7H,1-2H3,(H,14,16)(H,15,17). The van der Waals surface area contributed by atoms with Crippen molar-refractivity contribution in [2.24, 2.45) is 0 Å². The fraction of sp³-hybridized carbons (Fsp3) is 0.231. The van der Waals surface area contributed by atoms with E-state index in [1.807, 2.05) is 30.6 Å². The smallest absolute Gasteiger partial charge is 0.265 e. The summed E-state index contributed by atoms with van der Waals surface area (Å²) in [6, 6.07) is 5.68. The molecule has 2 heterocycles. The molecule has 0 spiro atoms. The van der Waals surface area contributed by atoms with Gasteiger partial charge in [-0.05, 0) is 25.1 Å². The quantitative estimate of drug-likeness (QED) is 0.884. The van der Waals surface area contributed by atoms with E-state index in [1.54, 1.807) is 18.3 Å². The van der Waals surface area contributed by atoms with E-state index in [2.05, 4.69) is 15.6 Å². The number of carbonyl (C=O) groups excluding carboxylic acids is 1. The Morgan fingerprint density at radius 2 is 2.32 bits per heavy atom. The van der Waals surface area contributed by atoms with Gasteiger partial charge in [-0.3, -0.25) is 4.79 Å². The average molecular weight is 275 g/mol. The van der Waals surface area contributed by atoms with Gasteiger partial charge < -0.3 is 15.4 Å². The van der Waals surface area contributed by atoms with E-state index >= 15 is 0 Å². The third-order valence-corrected chi connectivity index (χ3v) is 3.78. The number of hydrogen-bond acceptors (Lipinski definition) is 5. The van der Waals surface area contributed by atoms with Crippen LogP contribution >= 0.6 is 11.3 Å². The van der Waals surface area contributed by atoms with Crippen LogP contribution in [0.4, 0.5) is 10.8 Å². The second-order valence-corrected chi connectivity index (χ2v) is 5.11. The molecule has 0 saturated heterocycles. The Bertz CT molecular complexity index is 639. The fourth-order valence-electron chi connectivity index (χ4n) is 1.89. The van der Waals surface area contributed by atoms with Crippen molar-refractivity contribution >= 4 is 28.1 Å². The second kappa shape index (κ2) is 4.55. The highest BCUT2D eigenvalue weighted by Crippen LogP contribution is 2.34. The minimum absolute atomic E-state index is 0.126. The van der Waals surface area contributed by atoms with Crippen molar-refractivity contribution in [1.29, 1.82) is 0 Å². The van der Waals surface area contributed by atoms with Crippen molar-refractivity contribution in [3.63, 3.8) is 0 Å². The minimum atomic E-state index is -0.450. The zero-order valence-electron chi connectivity index (χ0n) is 10.6. The van der Waals surface area contributed by atoms with Crippen molar-refractivity contribution in [1.82, 2.24) is 4.98 Å². The number of amides is 1. The summed E-state index contributed by atoms with van der Waals surface area (Å²) in [5, 5.41) is 8.68. The number of nitrogens with one attached hydrogen (secondary N) is 2. The number of rotatable bonds is 2. The van der Waals surface area contributed by atoms with Crippen LogP contribution in [0.25, 0.3) is 11.3 Å². The van der Waals surface area contributed by atoms with E-state index in [4.69, 9.17) is 4.74 Å². The number of nitrogens with zero attached hydrogens (tertiary/aromatic N) is 1. The number of aromatic nitrogens is 1. The first-order valence-corrected chi connectivity index (χ1v) is 6.80. The number of benzene rings is 1. The molecule has 2 N–H and O–H groups in total. The van der Waals surface area contributed by atoms with Gasteiger partial charge in [0.05, 0.1) is 11.4 Å². The maximum absolute atomic E-state index is 11.6. The first-order chi connectivity index (χ1) is 9.17. The molecule has 6 heteroatoms. The lowest BCUT2D eigenvalue weighted by Gasteiger charge is -2.23. The first kappa shape index (κ1) is 12.0. The van der Waals surface area contributed by atoms with Crippen LogP contribution < -0.4 is 15.4 Å². The molecule has 0 bridgehead atoms. The van der Waals surface area contributed by atoms with Gasteiger partial charge in [0.25, 0.3) is 5.91 Å². The zero-order chi connectivity index (χ0) is 13.4. The molecule has 98 valence electrons. The number of thiazole rings is 1. The van der Waals surface area contributed by atoms with Gasteiger partial charge in [-0.2, -0.15) is 0 Å². The van der Waals surface area contributed by atoms with Crippen LogP contribution in [0.1, 0.15) is 6.92 Å². The highest BCUT2D eigenvalue weighted by Gasteiger charge is 2.23. The van der Waals surface area contributed by atoms with Crippen molar-refractivity contribution < 1.29 is 9.53 Å². The lowest BCUT2D eigenvalue weighted by atomic mass is 10.1. The zero-order valence-corrected chi connectivity index (χ0v) is 11.4. The van der Waals surface area contributed by atoms with Gasteiger partial charge in [0, 0.05) is 18.0 Å². The van der Waals surface area contributed by atoms with Crippen LogP contribution in [0.2, 0.25) is 0 Å². The van der Waals surface area contributed by atoms with E-state index in [0.717, 1.165) is 16.4 Å². The molecular weight excluding hydrogens is 262 g/mol. The molecule has 1 aromatic heterocycles. The third-order valence-electron chi connectivity index (χ3n) is 2.92. The molecule has 1 atom stereocenters. The Labute approximate surface area is 114 Å². The van der Waals surface area contributed by atoms with Gasteiger partial charge in [-0.15, -0.1) is 11.3 Å². The van der Waals surface area contributed by atoms with E-state index in [0.29, 0.717) is 11.4 Å². The predicted octanol–water partition coefficient (Wildman–Crippen LogP) is 2.57. The first-order valence-electron chi connectivity index (χ1n) is 5.92. The lowest BCUT2D eigenvalue weighted by molar-refractivity contribution is -0.122. The number of anilines is 2. The molecule has 1 amide bonds. The number of carbonyl (C=O) groups is 1. The van der Waals surface area contributed by atoms with Crippen LogP contribution in [-0.2, 0) is 4.79 Å².